The Bertz CT molecular complexity index is 635. The number of aliphatic imine (C=N–C) groups is 1. The van der Waals surface area contributed by atoms with Crippen LogP contribution < -0.4 is 11.5 Å². The van der Waals surface area contributed by atoms with E-state index >= 15 is 0 Å². The van der Waals surface area contributed by atoms with Gasteiger partial charge in [0.2, 0.25) is 0 Å². The van der Waals surface area contributed by atoms with Crippen molar-refractivity contribution in [2.45, 2.75) is 24.9 Å². The number of quaternary nitrogens is 1. The average Bonchev–Trinajstić information content (AvgIpc) is 3.09. The maximum absolute atomic E-state index is 11.9. The molecular weight excluding hydrogens is 300 g/mol. The number of ether oxygens (including phenoxy) is 1. The maximum Gasteiger partial charge on any atom is 0.331 e. The molecule has 0 saturated carbocycles. The van der Waals surface area contributed by atoms with Crippen molar-refractivity contribution in [1.29, 1.82) is 0 Å². The van der Waals surface area contributed by atoms with Gasteiger partial charge in [-0.15, -0.1) is 0 Å². The van der Waals surface area contributed by atoms with Crippen molar-refractivity contribution in [2.75, 3.05) is 14.1 Å². The lowest BCUT2D eigenvalue weighted by atomic mass is 10.1. The Balaban J connectivity index is 1.84. The summed E-state index contributed by atoms with van der Waals surface area (Å²) in [6, 6.07) is -1.92. The summed E-state index contributed by atoms with van der Waals surface area (Å²) >= 11 is 0. The highest BCUT2D eigenvalue weighted by molar-refractivity contribution is 5.90. The summed E-state index contributed by atoms with van der Waals surface area (Å²) in [6.45, 7) is 0. The van der Waals surface area contributed by atoms with Crippen molar-refractivity contribution in [3.05, 3.63) is 30.1 Å². The van der Waals surface area contributed by atoms with E-state index in [2.05, 4.69) is 15.0 Å². The van der Waals surface area contributed by atoms with Crippen molar-refractivity contribution >= 4 is 18.3 Å². The molecule has 1 aromatic heterocycles. The van der Waals surface area contributed by atoms with Crippen molar-refractivity contribution in [2.24, 2.45) is 16.5 Å². The molecule has 5 N–H and O–H groups in total. The van der Waals surface area contributed by atoms with Crippen molar-refractivity contribution < 1.29 is 18.8 Å². The number of rotatable bonds is 6. The summed E-state index contributed by atoms with van der Waals surface area (Å²) in [6.07, 6.45) is 6.84. The summed E-state index contributed by atoms with van der Waals surface area (Å²) in [4.78, 5) is 34.5. The average molecular weight is 321 g/mol. The van der Waals surface area contributed by atoms with Crippen LogP contribution in [0.4, 0.5) is 0 Å². The van der Waals surface area contributed by atoms with Gasteiger partial charge in [0.15, 0.2) is 6.34 Å². The van der Waals surface area contributed by atoms with Crippen LogP contribution in [0.3, 0.4) is 0 Å². The second-order valence-corrected chi connectivity index (χ2v) is 5.86. The first-order valence-electron chi connectivity index (χ1n) is 7.11. The zero-order chi connectivity index (χ0) is 17.0. The fourth-order valence-corrected chi connectivity index (χ4v) is 2.07. The van der Waals surface area contributed by atoms with Gasteiger partial charge in [0.1, 0.15) is 17.8 Å². The van der Waals surface area contributed by atoms with Crippen LogP contribution in [0.25, 0.3) is 0 Å². The smallest absolute Gasteiger partial charge is 0.331 e. The van der Waals surface area contributed by atoms with Crippen molar-refractivity contribution in [3.8, 4) is 0 Å². The number of nitrogens with zero attached hydrogens (tertiary/aromatic N) is 3. The maximum atomic E-state index is 11.9. The van der Waals surface area contributed by atoms with Gasteiger partial charge in [0.25, 0.3) is 0 Å². The highest BCUT2D eigenvalue weighted by Gasteiger charge is 2.31. The van der Waals surface area contributed by atoms with Crippen LogP contribution in [-0.2, 0) is 20.7 Å². The zero-order valence-corrected chi connectivity index (χ0v) is 13.1. The molecule has 0 aliphatic carbocycles. The number of hydrogen-bond acceptors (Lipinski definition) is 7. The van der Waals surface area contributed by atoms with Gasteiger partial charge in [-0.2, -0.15) is 0 Å². The third-order valence-electron chi connectivity index (χ3n) is 3.55. The predicted molar refractivity (Wildman–Crippen MR) is 82.6 cm³/mol. The van der Waals surface area contributed by atoms with Gasteiger partial charge in [-0.05, 0) is 0 Å². The summed E-state index contributed by atoms with van der Waals surface area (Å²) in [7, 11) is 3.82. The number of aromatic amines is 1. The molecule has 2 rings (SSSR count). The molecular formula is C14H21N6O3+. The van der Waals surface area contributed by atoms with Gasteiger partial charge < -0.3 is 21.2 Å². The molecule has 2 atom stereocenters. The molecule has 0 aromatic carbocycles. The van der Waals surface area contributed by atoms with E-state index in [4.69, 9.17) is 16.2 Å². The van der Waals surface area contributed by atoms with Crippen LogP contribution in [-0.4, -0.2) is 58.9 Å². The van der Waals surface area contributed by atoms with Gasteiger partial charge in [-0.25, -0.2) is 19.6 Å². The molecule has 124 valence electrons. The van der Waals surface area contributed by atoms with Crippen LogP contribution in [0.1, 0.15) is 12.1 Å². The molecule has 0 fully saturated rings. The first kappa shape index (κ1) is 17.0. The quantitative estimate of drug-likeness (QED) is 0.350. The third kappa shape index (κ3) is 4.31. The molecule has 23 heavy (non-hydrogen) atoms. The zero-order valence-electron chi connectivity index (χ0n) is 13.1. The van der Waals surface area contributed by atoms with Crippen LogP contribution in [0.5, 0.6) is 0 Å². The summed E-state index contributed by atoms with van der Waals surface area (Å²) in [5, 5.41) is 0. The molecule has 0 bridgehead atoms. The lowest BCUT2D eigenvalue weighted by Gasteiger charge is -2.23. The monoisotopic (exact) mass is 321 g/mol. The minimum Gasteiger partial charge on any atom is -0.391 e. The number of H-pyrrole nitrogens is 1. The van der Waals surface area contributed by atoms with E-state index in [0.717, 1.165) is 5.70 Å². The van der Waals surface area contributed by atoms with Crippen LogP contribution in [0, 0.1) is 0 Å². The van der Waals surface area contributed by atoms with Crippen LogP contribution in [0.2, 0.25) is 0 Å². The van der Waals surface area contributed by atoms with Crippen molar-refractivity contribution in [1.82, 2.24) is 9.97 Å². The number of nitrogens with one attached hydrogen (secondary N) is 1. The molecule has 9 heteroatoms. The molecule has 0 amide bonds. The first-order valence-corrected chi connectivity index (χ1v) is 7.11. The summed E-state index contributed by atoms with van der Waals surface area (Å²) in [5.74, 6) is -1.62. The lowest BCUT2D eigenvalue weighted by molar-refractivity contribution is -0.749. The second kappa shape index (κ2) is 6.82. The Hall–Kier alpha value is -2.36. The van der Waals surface area contributed by atoms with E-state index in [-0.39, 0.29) is 12.8 Å². The number of hydrogen-bond donors (Lipinski definition) is 3. The van der Waals surface area contributed by atoms with E-state index in [1.165, 1.54) is 6.33 Å². The number of imidazole rings is 1. The van der Waals surface area contributed by atoms with E-state index in [1.54, 1.807) is 18.7 Å². The SMILES string of the molecule is C[N+]1(C)C=NC=C1C[C@H](N)C(=O)OC(=O)[C@@H](N)Cc1cnc[nH]1. The minimum atomic E-state index is -0.965. The van der Waals surface area contributed by atoms with E-state index in [1.807, 2.05) is 14.1 Å². The van der Waals surface area contributed by atoms with Gasteiger partial charge >= 0.3 is 11.9 Å². The molecule has 1 aromatic rings. The molecule has 0 radical (unpaired) electrons. The Morgan fingerprint density at radius 3 is 2.43 bits per heavy atom. The Morgan fingerprint density at radius 2 is 1.91 bits per heavy atom. The van der Waals surface area contributed by atoms with Gasteiger partial charge in [-0.1, -0.05) is 0 Å². The highest BCUT2D eigenvalue weighted by Crippen LogP contribution is 2.19. The molecule has 9 nitrogen and oxygen atoms in total. The number of aromatic nitrogens is 2. The lowest BCUT2D eigenvalue weighted by Crippen LogP contribution is -2.43. The number of carbonyl (C=O) groups is 2. The number of esters is 2. The predicted octanol–water partition coefficient (Wildman–Crippen LogP) is -0.974. The molecule has 0 saturated heterocycles. The number of nitrogens with two attached hydrogens (primary N) is 2. The van der Waals surface area contributed by atoms with Crippen molar-refractivity contribution in [3.63, 3.8) is 0 Å². The molecule has 1 aliphatic rings. The van der Waals surface area contributed by atoms with Gasteiger partial charge in [-0.3, -0.25) is 4.48 Å². The largest absolute Gasteiger partial charge is 0.391 e. The second-order valence-electron chi connectivity index (χ2n) is 5.86. The van der Waals surface area contributed by atoms with Gasteiger partial charge in [0.05, 0.1) is 33.0 Å². The topological polar surface area (TPSA) is 136 Å². The first-order chi connectivity index (χ1) is 10.8. The summed E-state index contributed by atoms with van der Waals surface area (Å²) < 4.78 is 5.18. The Kier molecular flexibility index (Phi) is 5.04. The normalized spacial score (nSPS) is 18.3. The molecule has 2 heterocycles. The van der Waals surface area contributed by atoms with E-state index in [0.29, 0.717) is 10.2 Å². The molecule has 0 spiro atoms. The van der Waals surface area contributed by atoms with Crippen LogP contribution in [0.15, 0.2) is 29.4 Å². The minimum absolute atomic E-state index is 0.199. The fourth-order valence-electron chi connectivity index (χ4n) is 2.07. The summed E-state index contributed by atoms with van der Waals surface area (Å²) in [5.41, 5.74) is 13.1. The van der Waals surface area contributed by atoms with Crippen LogP contribution >= 0.6 is 0 Å². The highest BCUT2D eigenvalue weighted by atomic mass is 16.6. The van der Waals surface area contributed by atoms with Gasteiger partial charge in [0, 0.05) is 18.3 Å². The standard InChI is InChI=1S/C14H21N6O3/c1-20(2)8-18-6-10(20)4-12(16)14(22)23-13(21)11(15)3-9-5-17-7-19-9/h5-8,11-12H,3-4,15-16H2,1-2H3,(H,17,19)/q+1/t11-,12-/m0/s1. The third-order valence-corrected chi connectivity index (χ3v) is 3.55. The fraction of sp³-hybridized carbons (Fsp3) is 0.429. The molecule has 1 aliphatic heterocycles. The van der Waals surface area contributed by atoms with E-state index < -0.39 is 24.0 Å². The number of carbonyl (C=O) groups excluding carboxylic acids is 2. The Morgan fingerprint density at radius 1 is 1.26 bits per heavy atom. The van der Waals surface area contributed by atoms with E-state index in [9.17, 15) is 9.59 Å². The molecule has 0 unspecified atom stereocenters. The Labute approximate surface area is 133 Å².